The molecule has 0 saturated heterocycles. The quantitative estimate of drug-likeness (QED) is 0.591. The van der Waals surface area contributed by atoms with Gasteiger partial charge in [0, 0.05) is 6.04 Å². The highest BCUT2D eigenvalue weighted by atomic mass is 16.6. The summed E-state index contributed by atoms with van der Waals surface area (Å²) >= 11 is 0. The largest absolute Gasteiger partial charge is 0.467 e. The molecule has 0 aliphatic rings. The number of nitrogens with one attached hydrogen (secondary N) is 2. The number of hydrogen-bond acceptors (Lipinski definition) is 6. The fourth-order valence-electron chi connectivity index (χ4n) is 1.81. The average molecular weight is 326 g/mol. The lowest BCUT2D eigenvalue weighted by molar-refractivity contribution is 0.0505. The van der Waals surface area contributed by atoms with Crippen LogP contribution < -0.4 is 10.6 Å². The van der Waals surface area contributed by atoms with Crippen molar-refractivity contribution in [1.29, 1.82) is 0 Å². The zero-order valence-electron chi connectivity index (χ0n) is 14.4. The lowest BCUT2D eigenvalue weighted by Gasteiger charge is -2.22. The summed E-state index contributed by atoms with van der Waals surface area (Å²) in [6.45, 7) is 8.56. The molecule has 1 amide bonds. The highest BCUT2D eigenvalue weighted by Gasteiger charge is 2.17. The zero-order valence-corrected chi connectivity index (χ0v) is 14.4. The maximum atomic E-state index is 11.6. The van der Waals surface area contributed by atoms with Gasteiger partial charge in [0.2, 0.25) is 0 Å². The summed E-state index contributed by atoms with van der Waals surface area (Å²) in [5.41, 5.74) is -0.108. The molecule has 1 rings (SSSR count). The Morgan fingerprint density at radius 1 is 1.35 bits per heavy atom. The Kier molecular flexibility index (Phi) is 7.09. The van der Waals surface area contributed by atoms with E-state index in [-0.39, 0.29) is 6.04 Å². The molecule has 0 aliphatic heterocycles. The molecule has 0 fully saturated rings. The van der Waals surface area contributed by atoms with Crippen molar-refractivity contribution in [3.05, 3.63) is 23.7 Å². The summed E-state index contributed by atoms with van der Waals surface area (Å²) in [4.78, 5) is 22.9. The number of methoxy groups -OCH3 is 1. The van der Waals surface area contributed by atoms with Crippen molar-refractivity contribution in [2.45, 2.75) is 52.3 Å². The Bertz CT molecular complexity index is 519. The van der Waals surface area contributed by atoms with E-state index in [0.717, 1.165) is 6.42 Å². The molecule has 0 saturated carbocycles. The Morgan fingerprint density at radius 2 is 2.04 bits per heavy atom. The SMILES string of the molecule is COC(=O)c1coc(CNCCC(C)NC(=O)OC(C)(C)C)c1. The van der Waals surface area contributed by atoms with Crippen LogP contribution in [0.3, 0.4) is 0 Å². The first-order valence-corrected chi connectivity index (χ1v) is 7.57. The molecule has 23 heavy (non-hydrogen) atoms. The second-order valence-electron chi connectivity index (χ2n) is 6.31. The van der Waals surface area contributed by atoms with Gasteiger partial charge in [-0.15, -0.1) is 0 Å². The van der Waals surface area contributed by atoms with Crippen LogP contribution in [0.4, 0.5) is 4.79 Å². The second-order valence-corrected chi connectivity index (χ2v) is 6.31. The molecule has 1 unspecified atom stereocenters. The molecule has 0 radical (unpaired) electrons. The maximum Gasteiger partial charge on any atom is 0.407 e. The Balaban J connectivity index is 2.22. The number of carbonyl (C=O) groups excluding carboxylic acids is 2. The summed E-state index contributed by atoms with van der Waals surface area (Å²) in [6, 6.07) is 1.63. The number of furan rings is 1. The van der Waals surface area contributed by atoms with Crippen LogP contribution in [0.2, 0.25) is 0 Å². The van der Waals surface area contributed by atoms with Crippen LogP contribution in [0.25, 0.3) is 0 Å². The van der Waals surface area contributed by atoms with Crippen LogP contribution in [0, 0.1) is 0 Å². The van der Waals surface area contributed by atoms with E-state index in [1.54, 1.807) is 6.07 Å². The van der Waals surface area contributed by atoms with Crippen molar-refractivity contribution in [1.82, 2.24) is 10.6 Å². The van der Waals surface area contributed by atoms with Gasteiger partial charge in [-0.1, -0.05) is 0 Å². The van der Waals surface area contributed by atoms with Crippen LogP contribution in [0.5, 0.6) is 0 Å². The van der Waals surface area contributed by atoms with Crippen molar-refractivity contribution in [2.24, 2.45) is 0 Å². The van der Waals surface area contributed by atoms with Gasteiger partial charge in [-0.05, 0) is 46.7 Å². The van der Waals surface area contributed by atoms with Gasteiger partial charge in [-0.3, -0.25) is 0 Å². The van der Waals surface area contributed by atoms with Crippen LogP contribution in [-0.4, -0.2) is 37.4 Å². The molecule has 7 nitrogen and oxygen atoms in total. The van der Waals surface area contributed by atoms with E-state index < -0.39 is 17.7 Å². The lowest BCUT2D eigenvalue weighted by Crippen LogP contribution is -2.38. The van der Waals surface area contributed by atoms with Crippen molar-refractivity contribution < 1.29 is 23.5 Å². The monoisotopic (exact) mass is 326 g/mol. The minimum Gasteiger partial charge on any atom is -0.467 e. The molecule has 7 heteroatoms. The summed E-state index contributed by atoms with van der Waals surface area (Å²) in [7, 11) is 1.33. The van der Waals surface area contributed by atoms with E-state index >= 15 is 0 Å². The van der Waals surface area contributed by atoms with Crippen molar-refractivity contribution in [3.63, 3.8) is 0 Å². The van der Waals surface area contributed by atoms with Gasteiger partial charge in [0.15, 0.2) is 0 Å². The number of rotatable bonds is 7. The van der Waals surface area contributed by atoms with Gasteiger partial charge in [0.05, 0.1) is 19.2 Å². The molecule has 1 atom stereocenters. The smallest absolute Gasteiger partial charge is 0.407 e. The van der Waals surface area contributed by atoms with Crippen LogP contribution >= 0.6 is 0 Å². The fourth-order valence-corrected chi connectivity index (χ4v) is 1.81. The summed E-state index contributed by atoms with van der Waals surface area (Å²) in [6.07, 6.45) is 1.69. The van der Waals surface area contributed by atoms with Gasteiger partial charge in [0.25, 0.3) is 0 Å². The van der Waals surface area contributed by atoms with E-state index in [2.05, 4.69) is 15.4 Å². The number of alkyl carbamates (subject to hydrolysis) is 1. The Hall–Kier alpha value is -2.02. The predicted octanol–water partition coefficient (Wildman–Crippen LogP) is 2.46. The number of carbonyl (C=O) groups is 2. The van der Waals surface area contributed by atoms with Crippen molar-refractivity contribution in [2.75, 3.05) is 13.7 Å². The number of hydrogen-bond donors (Lipinski definition) is 2. The lowest BCUT2D eigenvalue weighted by atomic mass is 10.2. The molecule has 1 heterocycles. The van der Waals surface area contributed by atoms with Crippen molar-refractivity contribution in [3.8, 4) is 0 Å². The number of esters is 1. The van der Waals surface area contributed by atoms with Crippen molar-refractivity contribution >= 4 is 12.1 Å². The highest BCUT2D eigenvalue weighted by Crippen LogP contribution is 2.09. The van der Waals surface area contributed by atoms with Gasteiger partial charge in [-0.25, -0.2) is 9.59 Å². The van der Waals surface area contributed by atoms with E-state index in [1.165, 1.54) is 13.4 Å². The average Bonchev–Trinajstić information content (AvgIpc) is 2.89. The van der Waals surface area contributed by atoms with E-state index in [4.69, 9.17) is 9.15 Å². The first kappa shape index (κ1) is 19.0. The fraction of sp³-hybridized carbons (Fsp3) is 0.625. The standard InChI is InChI=1S/C16H26N2O5/c1-11(18-15(20)23-16(2,3)4)6-7-17-9-13-8-12(10-22-13)14(19)21-5/h8,10-11,17H,6-7,9H2,1-5H3,(H,18,20). The minimum atomic E-state index is -0.501. The molecule has 0 bridgehead atoms. The zero-order chi connectivity index (χ0) is 17.5. The summed E-state index contributed by atoms with van der Waals surface area (Å²) in [5, 5.41) is 5.96. The number of amides is 1. The topological polar surface area (TPSA) is 89.8 Å². The number of ether oxygens (including phenoxy) is 2. The van der Waals surface area contributed by atoms with E-state index in [9.17, 15) is 9.59 Å². The molecule has 0 aromatic carbocycles. The summed E-state index contributed by atoms with van der Waals surface area (Å²) in [5.74, 6) is 0.230. The van der Waals surface area contributed by atoms with Crippen LogP contribution in [-0.2, 0) is 16.0 Å². The third-order valence-electron chi connectivity index (χ3n) is 2.89. The van der Waals surface area contributed by atoms with Crippen LogP contribution in [0.1, 0.15) is 50.2 Å². The molecule has 2 N–H and O–H groups in total. The Labute approximate surface area is 136 Å². The van der Waals surface area contributed by atoms with Gasteiger partial charge in [-0.2, -0.15) is 0 Å². The highest BCUT2D eigenvalue weighted by molar-refractivity contribution is 5.88. The predicted molar refractivity (Wildman–Crippen MR) is 85.2 cm³/mol. The maximum absolute atomic E-state index is 11.6. The van der Waals surface area contributed by atoms with Crippen LogP contribution in [0.15, 0.2) is 16.7 Å². The third-order valence-corrected chi connectivity index (χ3v) is 2.89. The molecular formula is C16H26N2O5. The third kappa shape index (κ3) is 7.69. The molecule has 1 aromatic heterocycles. The molecular weight excluding hydrogens is 300 g/mol. The Morgan fingerprint density at radius 3 is 2.65 bits per heavy atom. The molecule has 0 aliphatic carbocycles. The van der Waals surface area contributed by atoms with E-state index in [0.29, 0.717) is 24.4 Å². The second kappa shape index (κ2) is 8.57. The van der Waals surface area contributed by atoms with E-state index in [1.807, 2.05) is 27.7 Å². The minimum absolute atomic E-state index is 0.0143. The first-order chi connectivity index (χ1) is 10.7. The molecule has 1 aromatic rings. The van der Waals surface area contributed by atoms with Gasteiger partial charge >= 0.3 is 12.1 Å². The summed E-state index contributed by atoms with van der Waals surface area (Å²) < 4.78 is 15.1. The first-order valence-electron chi connectivity index (χ1n) is 7.57. The molecule has 0 spiro atoms. The van der Waals surface area contributed by atoms with Gasteiger partial charge < -0.3 is 24.5 Å². The van der Waals surface area contributed by atoms with Gasteiger partial charge in [0.1, 0.15) is 17.6 Å². The normalized spacial score (nSPS) is 12.6. The molecule has 130 valence electrons.